The molecule has 0 amide bonds. The molecule has 0 spiro atoms. The second-order valence-electron chi connectivity index (χ2n) is 6.35. The van der Waals surface area contributed by atoms with Gasteiger partial charge in [-0.15, -0.1) is 16.7 Å². The molecule has 0 aliphatic carbocycles. The molecule has 1 aliphatic heterocycles. The van der Waals surface area contributed by atoms with Crippen molar-refractivity contribution in [2.45, 2.75) is 65.0 Å². The molecule has 1 saturated heterocycles. The van der Waals surface area contributed by atoms with Crippen LogP contribution in [0.1, 0.15) is 53.9 Å². The third kappa shape index (κ3) is 3.28. The Morgan fingerprint density at radius 2 is 1.46 bits per heavy atom. The van der Waals surface area contributed by atoms with Crippen LogP contribution in [-0.4, -0.2) is 41.3 Å². The minimum atomic E-state index is -1.08. The van der Waals surface area contributed by atoms with Crippen molar-refractivity contribution in [1.29, 1.82) is 0 Å². The molecule has 24 heavy (non-hydrogen) atoms. The van der Waals surface area contributed by atoms with E-state index in [0.717, 1.165) is 5.06 Å². The van der Waals surface area contributed by atoms with Crippen molar-refractivity contribution >= 4 is 11.9 Å². The first-order valence-electron chi connectivity index (χ1n) is 8.47. The van der Waals surface area contributed by atoms with Crippen LogP contribution in [0.5, 0.6) is 0 Å². The highest BCUT2D eigenvalue weighted by molar-refractivity contribution is 5.66. The molecule has 1 heterocycles. The van der Waals surface area contributed by atoms with Crippen LogP contribution in [0, 0.1) is 24.2 Å². The molecule has 6 nitrogen and oxygen atoms in total. The van der Waals surface area contributed by atoms with E-state index in [0.29, 0.717) is 19.3 Å². The summed E-state index contributed by atoms with van der Waals surface area (Å²) in [5.41, 5.74) is -1.82. The highest BCUT2D eigenvalue weighted by atomic mass is 16.5. The van der Waals surface area contributed by atoms with Gasteiger partial charge in [-0.25, -0.2) is 0 Å². The van der Waals surface area contributed by atoms with Gasteiger partial charge in [0.15, 0.2) is 0 Å². The topological polar surface area (TPSA) is 75.7 Å². The van der Waals surface area contributed by atoms with Crippen molar-refractivity contribution < 1.29 is 24.3 Å². The maximum absolute atomic E-state index is 13.3. The molecule has 0 aromatic carbocycles. The first kappa shape index (κ1) is 20.5. The van der Waals surface area contributed by atoms with E-state index >= 15 is 0 Å². The van der Waals surface area contributed by atoms with Gasteiger partial charge in [0, 0.05) is 25.7 Å². The van der Waals surface area contributed by atoms with E-state index in [-0.39, 0.29) is 19.1 Å². The quantitative estimate of drug-likeness (QED) is 0.526. The molecule has 1 radical (unpaired) electrons. The monoisotopic (exact) mass is 338 g/mol. The van der Waals surface area contributed by atoms with E-state index in [9.17, 15) is 14.8 Å². The van der Waals surface area contributed by atoms with Crippen LogP contribution < -0.4 is 0 Å². The molecule has 1 fully saturated rings. The van der Waals surface area contributed by atoms with Crippen LogP contribution in [0.15, 0.2) is 0 Å². The van der Waals surface area contributed by atoms with E-state index in [1.165, 1.54) is 13.8 Å². The van der Waals surface area contributed by atoms with Gasteiger partial charge in [0.2, 0.25) is 0 Å². The van der Waals surface area contributed by atoms with Gasteiger partial charge in [0.25, 0.3) is 0 Å². The van der Waals surface area contributed by atoms with Gasteiger partial charge in [-0.3, -0.25) is 9.59 Å². The highest BCUT2D eigenvalue weighted by Crippen LogP contribution is 2.53. The molecule has 0 N–H and O–H groups in total. The van der Waals surface area contributed by atoms with Crippen molar-refractivity contribution in [2.75, 3.05) is 13.2 Å². The van der Waals surface area contributed by atoms with E-state index in [1.807, 2.05) is 20.8 Å². The van der Waals surface area contributed by atoms with Crippen molar-refractivity contribution in [3.8, 4) is 12.3 Å². The summed E-state index contributed by atoms with van der Waals surface area (Å²) in [6, 6.07) is 0. The Morgan fingerprint density at radius 3 is 1.79 bits per heavy atom. The number of hydrogen-bond acceptors (Lipinski definition) is 5. The first-order valence-corrected chi connectivity index (χ1v) is 8.47. The lowest BCUT2D eigenvalue weighted by molar-refractivity contribution is -0.258. The third-order valence-electron chi connectivity index (χ3n) is 5.50. The summed E-state index contributed by atoms with van der Waals surface area (Å²) in [4.78, 5) is 22.6. The summed E-state index contributed by atoms with van der Waals surface area (Å²) in [5, 5.41) is 14.3. The van der Waals surface area contributed by atoms with Gasteiger partial charge in [0.05, 0.1) is 18.8 Å². The van der Waals surface area contributed by atoms with Crippen LogP contribution >= 0.6 is 0 Å². The Morgan fingerprint density at radius 1 is 1.00 bits per heavy atom. The zero-order chi connectivity index (χ0) is 18.5. The lowest BCUT2D eigenvalue weighted by atomic mass is 9.73. The first-order chi connectivity index (χ1) is 11.3. The van der Waals surface area contributed by atoms with Crippen molar-refractivity contribution in [1.82, 2.24) is 5.06 Å². The largest absolute Gasteiger partial charge is 0.465 e. The predicted octanol–water partition coefficient (Wildman–Crippen LogP) is 2.35. The Bertz CT molecular complexity index is 508. The number of esters is 2. The average Bonchev–Trinajstić information content (AvgIpc) is 2.75. The molecule has 3 atom stereocenters. The number of carbonyl (C=O) groups is 2. The normalized spacial score (nSPS) is 29.0. The molecule has 0 saturated carbocycles. The average molecular weight is 338 g/mol. The summed E-state index contributed by atoms with van der Waals surface area (Å²) in [6.07, 6.45) is 7.34. The Hall–Kier alpha value is -1.58. The van der Waals surface area contributed by atoms with Crippen LogP contribution in [0.2, 0.25) is 0 Å². The molecule has 1 aliphatic rings. The standard InChI is InChI=1S/C18H28NO5/c1-7-17(8-2)15(11-23-13(5)20)16(12-24-14(6)21)18(9-3,10-4)19(17)22/h1,15-16H,8-12H2,2-6H3/t15-,16-,17+/m1/s1. The van der Waals surface area contributed by atoms with Crippen molar-refractivity contribution in [3.63, 3.8) is 0 Å². The van der Waals surface area contributed by atoms with E-state index in [2.05, 4.69) is 5.92 Å². The highest BCUT2D eigenvalue weighted by Gasteiger charge is 2.65. The molecule has 0 bridgehead atoms. The molecule has 6 heteroatoms. The van der Waals surface area contributed by atoms with Crippen LogP contribution in [0.4, 0.5) is 0 Å². The van der Waals surface area contributed by atoms with Gasteiger partial charge in [-0.1, -0.05) is 26.7 Å². The van der Waals surface area contributed by atoms with Crippen LogP contribution in [-0.2, 0) is 24.3 Å². The SMILES string of the molecule is C#C[C@]1(CC)[C@H](COC(C)=O)[C@@H](COC(C)=O)C(CC)(CC)N1[O]. The molecule has 135 valence electrons. The zero-order valence-electron chi connectivity index (χ0n) is 15.3. The molecular formula is C18H28NO5. The maximum atomic E-state index is 13.3. The van der Waals surface area contributed by atoms with Gasteiger partial charge < -0.3 is 9.47 Å². The second kappa shape index (κ2) is 8.00. The fourth-order valence-corrected chi connectivity index (χ4v) is 4.08. The zero-order valence-corrected chi connectivity index (χ0v) is 15.3. The number of hydroxylamine groups is 2. The van der Waals surface area contributed by atoms with Crippen molar-refractivity contribution in [2.24, 2.45) is 11.8 Å². The Kier molecular flexibility index (Phi) is 6.82. The minimum absolute atomic E-state index is 0.0415. The Labute approximate surface area is 144 Å². The van der Waals surface area contributed by atoms with Gasteiger partial charge in [-0.2, -0.15) is 0 Å². The summed E-state index contributed by atoms with van der Waals surface area (Å²) in [5.74, 6) is 1.14. The van der Waals surface area contributed by atoms with E-state index in [1.54, 1.807) is 0 Å². The fourth-order valence-electron chi connectivity index (χ4n) is 4.08. The van der Waals surface area contributed by atoms with E-state index in [4.69, 9.17) is 15.9 Å². The van der Waals surface area contributed by atoms with E-state index < -0.39 is 28.9 Å². The molecule has 0 unspecified atom stereocenters. The summed E-state index contributed by atoms with van der Waals surface area (Å²) in [7, 11) is 0. The van der Waals surface area contributed by atoms with Crippen LogP contribution in [0.3, 0.4) is 0 Å². The number of hydrogen-bond donors (Lipinski definition) is 0. The second-order valence-corrected chi connectivity index (χ2v) is 6.35. The molecular weight excluding hydrogens is 310 g/mol. The third-order valence-corrected chi connectivity index (χ3v) is 5.50. The summed E-state index contributed by atoms with van der Waals surface area (Å²) >= 11 is 0. The van der Waals surface area contributed by atoms with Gasteiger partial charge >= 0.3 is 11.9 Å². The molecule has 0 aromatic heterocycles. The lowest BCUT2D eigenvalue weighted by Gasteiger charge is -2.39. The number of carbonyl (C=O) groups excluding carboxylic acids is 2. The fraction of sp³-hybridized carbons (Fsp3) is 0.778. The van der Waals surface area contributed by atoms with Crippen molar-refractivity contribution in [3.05, 3.63) is 0 Å². The number of ether oxygens (including phenoxy) is 2. The van der Waals surface area contributed by atoms with Gasteiger partial charge in [0.1, 0.15) is 5.54 Å². The summed E-state index contributed by atoms with van der Waals surface area (Å²) in [6.45, 7) is 8.50. The lowest BCUT2D eigenvalue weighted by Crippen LogP contribution is -2.52. The number of nitrogens with zero attached hydrogens (tertiary/aromatic N) is 1. The van der Waals surface area contributed by atoms with Gasteiger partial charge in [-0.05, 0) is 19.3 Å². The van der Waals surface area contributed by atoms with Crippen LogP contribution in [0.25, 0.3) is 0 Å². The number of rotatable bonds is 7. The number of terminal acetylenes is 1. The predicted molar refractivity (Wildman–Crippen MR) is 87.9 cm³/mol. The molecule has 0 aromatic rings. The maximum Gasteiger partial charge on any atom is 0.302 e. The minimum Gasteiger partial charge on any atom is -0.465 e. The molecule has 1 rings (SSSR count). The Balaban J connectivity index is 3.38. The summed E-state index contributed by atoms with van der Waals surface area (Å²) < 4.78 is 10.5. The smallest absolute Gasteiger partial charge is 0.302 e.